The molecule has 0 atom stereocenters. The standard InChI is InChI=1S/C7H7BrN4S/c8-6-2-12(11-7(6)9)1-5-3-13-4-10-5/h2-4H,1H2,(H2,9,11). The van der Waals surface area contributed by atoms with Crippen LogP contribution in [0.4, 0.5) is 5.82 Å². The first-order chi connectivity index (χ1) is 6.25. The molecule has 0 saturated heterocycles. The molecule has 0 spiro atoms. The van der Waals surface area contributed by atoms with Crippen LogP contribution >= 0.6 is 27.3 Å². The molecule has 0 saturated carbocycles. The predicted molar refractivity (Wildman–Crippen MR) is 55.6 cm³/mol. The highest BCUT2D eigenvalue weighted by molar-refractivity contribution is 9.10. The lowest BCUT2D eigenvalue weighted by Gasteiger charge is -1.95. The van der Waals surface area contributed by atoms with E-state index in [-0.39, 0.29) is 0 Å². The molecule has 0 bridgehead atoms. The Hall–Kier alpha value is -0.880. The van der Waals surface area contributed by atoms with E-state index >= 15 is 0 Å². The van der Waals surface area contributed by atoms with E-state index < -0.39 is 0 Å². The van der Waals surface area contributed by atoms with E-state index in [1.165, 1.54) is 0 Å². The molecule has 2 aromatic heterocycles. The van der Waals surface area contributed by atoms with Crippen molar-refractivity contribution in [2.24, 2.45) is 0 Å². The molecule has 2 rings (SSSR count). The lowest BCUT2D eigenvalue weighted by atomic mass is 10.5. The van der Waals surface area contributed by atoms with Gasteiger partial charge in [0, 0.05) is 11.6 Å². The SMILES string of the molecule is Nc1nn(Cc2cscn2)cc1Br. The molecule has 0 fully saturated rings. The second-order valence-corrected chi connectivity index (χ2v) is 4.11. The Labute approximate surface area is 87.5 Å². The average molecular weight is 259 g/mol. The van der Waals surface area contributed by atoms with Crippen LogP contribution in [0.2, 0.25) is 0 Å². The third-order valence-corrected chi connectivity index (χ3v) is 2.80. The Morgan fingerprint density at radius 3 is 3.00 bits per heavy atom. The second-order valence-electron chi connectivity index (χ2n) is 2.54. The van der Waals surface area contributed by atoms with E-state index in [4.69, 9.17) is 5.73 Å². The molecule has 68 valence electrons. The Morgan fingerprint density at radius 2 is 2.46 bits per heavy atom. The first-order valence-electron chi connectivity index (χ1n) is 3.61. The van der Waals surface area contributed by atoms with Gasteiger partial charge in [0.15, 0.2) is 5.82 Å². The zero-order valence-electron chi connectivity index (χ0n) is 6.64. The summed E-state index contributed by atoms with van der Waals surface area (Å²) in [7, 11) is 0. The molecule has 4 nitrogen and oxygen atoms in total. The van der Waals surface area contributed by atoms with Crippen molar-refractivity contribution in [3.8, 4) is 0 Å². The van der Waals surface area contributed by atoms with Crippen LogP contribution in [-0.4, -0.2) is 14.8 Å². The van der Waals surface area contributed by atoms with E-state index in [0.29, 0.717) is 12.4 Å². The van der Waals surface area contributed by atoms with E-state index in [2.05, 4.69) is 26.0 Å². The second kappa shape index (κ2) is 3.47. The van der Waals surface area contributed by atoms with Crippen molar-refractivity contribution in [2.75, 3.05) is 5.73 Å². The van der Waals surface area contributed by atoms with Crippen LogP contribution < -0.4 is 5.73 Å². The van der Waals surface area contributed by atoms with Gasteiger partial charge in [0.1, 0.15) is 0 Å². The Morgan fingerprint density at radius 1 is 1.62 bits per heavy atom. The summed E-state index contributed by atoms with van der Waals surface area (Å²) in [5.74, 6) is 0.509. The van der Waals surface area contributed by atoms with Crippen molar-refractivity contribution in [3.63, 3.8) is 0 Å². The van der Waals surface area contributed by atoms with Crippen LogP contribution in [0.15, 0.2) is 21.6 Å². The van der Waals surface area contributed by atoms with Crippen molar-refractivity contribution in [3.05, 3.63) is 27.3 Å². The van der Waals surface area contributed by atoms with Crippen LogP contribution in [0.3, 0.4) is 0 Å². The van der Waals surface area contributed by atoms with Gasteiger partial charge in [0.05, 0.1) is 22.2 Å². The van der Waals surface area contributed by atoms with Gasteiger partial charge in [-0.2, -0.15) is 5.10 Å². The van der Waals surface area contributed by atoms with Crippen molar-refractivity contribution in [1.29, 1.82) is 0 Å². The minimum absolute atomic E-state index is 0.509. The molecule has 2 aromatic rings. The lowest BCUT2D eigenvalue weighted by Crippen LogP contribution is -2.00. The highest BCUT2D eigenvalue weighted by atomic mass is 79.9. The fraction of sp³-hybridized carbons (Fsp3) is 0.143. The summed E-state index contributed by atoms with van der Waals surface area (Å²) in [6.07, 6.45) is 1.84. The predicted octanol–water partition coefficient (Wildman–Crippen LogP) is 1.73. The largest absolute Gasteiger partial charge is 0.381 e. The quantitative estimate of drug-likeness (QED) is 0.893. The van der Waals surface area contributed by atoms with Crippen LogP contribution in [-0.2, 0) is 6.54 Å². The Balaban J connectivity index is 2.19. The van der Waals surface area contributed by atoms with Crippen molar-refractivity contribution >= 4 is 33.1 Å². The van der Waals surface area contributed by atoms with E-state index in [1.807, 2.05) is 11.6 Å². The smallest absolute Gasteiger partial charge is 0.159 e. The maximum absolute atomic E-state index is 5.57. The molecule has 0 aromatic carbocycles. The summed E-state index contributed by atoms with van der Waals surface area (Å²) in [4.78, 5) is 4.15. The highest BCUT2D eigenvalue weighted by Crippen LogP contribution is 2.16. The monoisotopic (exact) mass is 258 g/mol. The zero-order valence-corrected chi connectivity index (χ0v) is 9.05. The average Bonchev–Trinajstić information content (AvgIpc) is 2.64. The van der Waals surface area contributed by atoms with Gasteiger partial charge < -0.3 is 5.73 Å². The zero-order chi connectivity index (χ0) is 9.26. The molecule has 13 heavy (non-hydrogen) atoms. The topological polar surface area (TPSA) is 56.7 Å². The molecule has 0 aliphatic carbocycles. The molecular weight excluding hydrogens is 252 g/mol. The van der Waals surface area contributed by atoms with Gasteiger partial charge in [-0.1, -0.05) is 0 Å². The van der Waals surface area contributed by atoms with Crippen LogP contribution in [0.5, 0.6) is 0 Å². The number of rotatable bonds is 2. The number of nitrogen functional groups attached to an aromatic ring is 1. The van der Waals surface area contributed by atoms with E-state index in [0.717, 1.165) is 10.2 Å². The van der Waals surface area contributed by atoms with Crippen molar-refractivity contribution in [2.45, 2.75) is 6.54 Å². The first-order valence-corrected chi connectivity index (χ1v) is 5.35. The summed E-state index contributed by atoms with van der Waals surface area (Å²) in [6.45, 7) is 0.666. The summed E-state index contributed by atoms with van der Waals surface area (Å²) >= 11 is 4.87. The molecule has 2 N–H and O–H groups in total. The van der Waals surface area contributed by atoms with E-state index in [1.54, 1.807) is 21.5 Å². The lowest BCUT2D eigenvalue weighted by molar-refractivity contribution is 0.678. The summed E-state index contributed by atoms with van der Waals surface area (Å²) in [6, 6.07) is 0. The highest BCUT2D eigenvalue weighted by Gasteiger charge is 2.03. The maximum atomic E-state index is 5.57. The third-order valence-electron chi connectivity index (χ3n) is 1.55. The van der Waals surface area contributed by atoms with Crippen LogP contribution in [0, 0.1) is 0 Å². The van der Waals surface area contributed by atoms with E-state index in [9.17, 15) is 0 Å². The van der Waals surface area contributed by atoms with Gasteiger partial charge in [-0.05, 0) is 15.9 Å². The fourth-order valence-electron chi connectivity index (χ4n) is 0.975. The van der Waals surface area contributed by atoms with Crippen molar-refractivity contribution in [1.82, 2.24) is 14.8 Å². The number of anilines is 1. The normalized spacial score (nSPS) is 10.5. The fourth-order valence-corrected chi connectivity index (χ4v) is 1.84. The minimum Gasteiger partial charge on any atom is -0.381 e. The Bertz CT molecular complexity index is 375. The number of hydrogen-bond donors (Lipinski definition) is 1. The third kappa shape index (κ3) is 1.89. The number of aromatic nitrogens is 3. The van der Waals surface area contributed by atoms with Gasteiger partial charge in [0.25, 0.3) is 0 Å². The summed E-state index contributed by atoms with van der Waals surface area (Å²) in [5.41, 5.74) is 8.38. The molecule has 0 unspecified atom stereocenters. The molecular formula is C7H7BrN4S. The van der Waals surface area contributed by atoms with Gasteiger partial charge in [-0.3, -0.25) is 4.68 Å². The molecule has 0 amide bonds. The summed E-state index contributed by atoms with van der Waals surface area (Å²) < 4.78 is 2.58. The maximum Gasteiger partial charge on any atom is 0.159 e. The van der Waals surface area contributed by atoms with Gasteiger partial charge >= 0.3 is 0 Å². The molecule has 0 radical (unpaired) electrons. The first kappa shape index (κ1) is 8.71. The molecule has 2 heterocycles. The van der Waals surface area contributed by atoms with Gasteiger partial charge in [0.2, 0.25) is 0 Å². The summed E-state index contributed by atoms with van der Waals surface area (Å²) in [5, 5.41) is 6.09. The number of hydrogen-bond acceptors (Lipinski definition) is 4. The number of nitrogens with two attached hydrogens (primary N) is 1. The molecule has 0 aliphatic rings. The van der Waals surface area contributed by atoms with Crippen LogP contribution in [0.1, 0.15) is 5.69 Å². The number of nitrogens with zero attached hydrogens (tertiary/aromatic N) is 3. The Kier molecular flexibility index (Phi) is 2.32. The number of halogens is 1. The molecule has 6 heteroatoms. The minimum atomic E-state index is 0.509. The number of thiazole rings is 1. The van der Waals surface area contributed by atoms with Crippen molar-refractivity contribution < 1.29 is 0 Å². The van der Waals surface area contributed by atoms with Gasteiger partial charge in [-0.25, -0.2) is 4.98 Å². The molecule has 0 aliphatic heterocycles. The van der Waals surface area contributed by atoms with Gasteiger partial charge in [-0.15, -0.1) is 11.3 Å². The van der Waals surface area contributed by atoms with Crippen LogP contribution in [0.25, 0.3) is 0 Å².